The lowest BCUT2D eigenvalue weighted by molar-refractivity contribution is 0.443. The van der Waals surface area contributed by atoms with E-state index in [0.717, 1.165) is 27.2 Å². The number of aryl methyl sites for hydroxylation is 1. The molecule has 9 heteroatoms. The molecule has 2 aromatic carbocycles. The number of anilines is 2. The molecule has 0 amide bonds. The second kappa shape index (κ2) is 11.8. The van der Waals surface area contributed by atoms with E-state index in [1.807, 2.05) is 43.5 Å². The molecule has 0 bridgehead atoms. The van der Waals surface area contributed by atoms with Gasteiger partial charge in [-0.05, 0) is 88.1 Å². The smallest absolute Gasteiger partial charge is 0.260 e. The van der Waals surface area contributed by atoms with Crippen LogP contribution in [0.25, 0.3) is 22.2 Å². The van der Waals surface area contributed by atoms with Crippen LogP contribution in [0, 0.1) is 6.92 Å². The van der Waals surface area contributed by atoms with Gasteiger partial charge >= 0.3 is 0 Å². The van der Waals surface area contributed by atoms with Gasteiger partial charge in [0.05, 0.1) is 6.54 Å². The molecule has 1 unspecified atom stereocenters. The fraction of sp³-hybridized carbons (Fsp3) is 0.303. The first-order valence-electron chi connectivity index (χ1n) is 14.4. The zero-order valence-electron chi connectivity index (χ0n) is 24.0. The summed E-state index contributed by atoms with van der Waals surface area (Å²) in [5, 5.41) is 6.76. The lowest BCUT2D eigenvalue weighted by Crippen LogP contribution is -2.24. The van der Waals surface area contributed by atoms with Crippen molar-refractivity contribution in [3.05, 3.63) is 92.8 Å². The number of nitrogens with zero attached hydrogens (tertiary/aromatic N) is 4. The molecule has 3 aromatic heterocycles. The van der Waals surface area contributed by atoms with E-state index in [4.69, 9.17) is 4.98 Å². The van der Waals surface area contributed by atoms with E-state index in [9.17, 15) is 9.00 Å². The number of pyridine rings is 1. The maximum absolute atomic E-state index is 14.1. The van der Waals surface area contributed by atoms with Gasteiger partial charge in [-0.15, -0.1) is 11.3 Å². The molecule has 1 N–H and O–H groups in total. The van der Waals surface area contributed by atoms with Crippen molar-refractivity contribution in [1.29, 1.82) is 0 Å². The molecule has 1 saturated carbocycles. The Morgan fingerprint density at radius 1 is 1.05 bits per heavy atom. The highest BCUT2D eigenvalue weighted by Gasteiger charge is 2.19. The average molecular weight is 598 g/mol. The van der Waals surface area contributed by atoms with Gasteiger partial charge in [-0.25, -0.2) is 9.97 Å². The number of benzene rings is 2. The summed E-state index contributed by atoms with van der Waals surface area (Å²) in [5.74, 6) is 5.44. The van der Waals surface area contributed by atoms with E-state index in [1.54, 1.807) is 17.0 Å². The maximum Gasteiger partial charge on any atom is 0.260 e. The van der Waals surface area contributed by atoms with Crippen LogP contribution in [0.1, 0.15) is 61.1 Å². The molecule has 0 spiro atoms. The molecule has 0 saturated heterocycles. The molecular formula is C33H35N5O2S2. The third kappa shape index (κ3) is 5.76. The van der Waals surface area contributed by atoms with Crippen LogP contribution in [-0.4, -0.2) is 35.4 Å². The molecule has 6 rings (SSSR count). The molecule has 1 aliphatic carbocycles. The summed E-state index contributed by atoms with van der Waals surface area (Å²) in [5.41, 5.74) is 4.78. The molecule has 0 radical (unpaired) electrons. The van der Waals surface area contributed by atoms with E-state index in [0.29, 0.717) is 33.7 Å². The summed E-state index contributed by atoms with van der Waals surface area (Å²) in [6.07, 6.45) is 9.95. The highest BCUT2D eigenvalue weighted by Crippen LogP contribution is 2.33. The second-order valence-corrected chi connectivity index (χ2v) is 14.7. The van der Waals surface area contributed by atoms with Crippen LogP contribution in [0.15, 0.2) is 76.0 Å². The fourth-order valence-corrected chi connectivity index (χ4v) is 7.30. The van der Waals surface area contributed by atoms with E-state index in [-0.39, 0.29) is 12.1 Å². The molecular weight excluding hydrogens is 563 g/mol. The summed E-state index contributed by atoms with van der Waals surface area (Å²) in [7, 11) is -2.45. The van der Waals surface area contributed by atoms with Crippen LogP contribution in [0.4, 0.5) is 11.6 Å². The molecule has 1 atom stereocenters. The van der Waals surface area contributed by atoms with Crippen molar-refractivity contribution in [2.45, 2.75) is 63.3 Å². The van der Waals surface area contributed by atoms with Crippen molar-refractivity contribution in [2.24, 2.45) is 0 Å². The Balaban J connectivity index is 1.41. The molecule has 5 aromatic rings. The van der Waals surface area contributed by atoms with Gasteiger partial charge < -0.3 is 5.32 Å². The van der Waals surface area contributed by atoms with Crippen molar-refractivity contribution in [3.8, 4) is 11.1 Å². The Morgan fingerprint density at radius 3 is 2.55 bits per heavy atom. The van der Waals surface area contributed by atoms with Crippen molar-refractivity contribution in [3.63, 3.8) is 0 Å². The van der Waals surface area contributed by atoms with E-state index in [1.165, 1.54) is 49.0 Å². The number of rotatable bonds is 8. The van der Waals surface area contributed by atoms with E-state index < -0.39 is 9.52 Å². The van der Waals surface area contributed by atoms with Crippen molar-refractivity contribution in [1.82, 2.24) is 19.5 Å². The lowest BCUT2D eigenvalue weighted by Gasteiger charge is -2.22. The summed E-state index contributed by atoms with van der Waals surface area (Å²) < 4.78 is 14.7. The summed E-state index contributed by atoms with van der Waals surface area (Å²) in [6.45, 7) is 4.10. The number of nitrogens with one attached hydrogen (secondary N) is 1. The Hall–Kier alpha value is -3.82. The van der Waals surface area contributed by atoms with Gasteiger partial charge in [0.15, 0.2) is 0 Å². The molecule has 42 heavy (non-hydrogen) atoms. The number of thiazole rings is 1. The number of fused-ring (bicyclic) bond motifs is 1. The molecule has 1 aliphatic rings. The number of hydrogen-bond acceptors (Lipinski definition) is 7. The second-order valence-electron chi connectivity index (χ2n) is 11.0. The van der Waals surface area contributed by atoms with Crippen molar-refractivity contribution < 1.29 is 4.21 Å². The van der Waals surface area contributed by atoms with Gasteiger partial charge in [-0.2, -0.15) is 4.98 Å². The average Bonchev–Trinajstić information content (AvgIpc) is 3.53. The van der Waals surface area contributed by atoms with Crippen LogP contribution in [-0.2, 0) is 16.1 Å². The monoisotopic (exact) mass is 597 g/mol. The SMILES string of the molecule is C=S(=O)(CC)c1ccc(C)c(-c2cc3cnc(Nc4ccc(C5CCCCC5)cc4)nc3n(Cc3nccs3)c2=O)c1. The van der Waals surface area contributed by atoms with Gasteiger partial charge in [-0.3, -0.25) is 13.6 Å². The van der Waals surface area contributed by atoms with Crippen LogP contribution in [0.5, 0.6) is 0 Å². The first-order valence-corrected chi connectivity index (χ1v) is 17.2. The minimum absolute atomic E-state index is 0.188. The maximum atomic E-state index is 14.1. The first kappa shape index (κ1) is 28.3. The lowest BCUT2D eigenvalue weighted by atomic mass is 9.84. The Kier molecular flexibility index (Phi) is 7.96. The van der Waals surface area contributed by atoms with Crippen LogP contribution >= 0.6 is 11.3 Å². The van der Waals surface area contributed by atoms with Gasteiger partial charge in [0.2, 0.25) is 5.95 Å². The largest absolute Gasteiger partial charge is 0.324 e. The van der Waals surface area contributed by atoms with Gasteiger partial charge in [0.25, 0.3) is 5.56 Å². The van der Waals surface area contributed by atoms with E-state index in [2.05, 4.69) is 45.4 Å². The first-order chi connectivity index (χ1) is 20.3. The van der Waals surface area contributed by atoms with Crippen molar-refractivity contribution in [2.75, 3.05) is 11.1 Å². The summed E-state index contributed by atoms with van der Waals surface area (Å²) >= 11 is 1.49. The zero-order valence-corrected chi connectivity index (χ0v) is 25.6. The molecule has 1 fully saturated rings. The zero-order chi connectivity index (χ0) is 29.3. The van der Waals surface area contributed by atoms with Gasteiger partial charge in [0, 0.05) is 45.1 Å². The standard InChI is InChI=1S/C33H35N5O2S2/c1-4-42(3,40)27-15-10-22(2)28(19-27)29-18-25-20-35-33(37-31(25)38(32(29)39)21-30-34-16-17-41-30)36-26-13-11-24(12-14-26)23-8-6-5-7-9-23/h10-20,23H,3-9,21H2,1-2H3,(H,35,36,37). The Bertz CT molecular complexity index is 1890. The predicted molar refractivity (Wildman–Crippen MR) is 175 cm³/mol. The summed E-state index contributed by atoms with van der Waals surface area (Å²) in [6, 6.07) is 16.0. The third-order valence-electron chi connectivity index (χ3n) is 8.24. The highest BCUT2D eigenvalue weighted by molar-refractivity contribution is 8.00. The predicted octanol–water partition coefficient (Wildman–Crippen LogP) is 7.16. The Labute approximate surface area is 250 Å². The molecule has 216 valence electrons. The van der Waals surface area contributed by atoms with Crippen LogP contribution in [0.3, 0.4) is 0 Å². The number of aromatic nitrogens is 4. The Morgan fingerprint density at radius 2 is 1.83 bits per heavy atom. The third-order valence-corrected chi connectivity index (χ3v) is 11.1. The fourth-order valence-electron chi connectivity index (χ4n) is 5.72. The quantitative estimate of drug-likeness (QED) is 0.191. The molecule has 0 aliphatic heterocycles. The normalized spacial score (nSPS) is 15.5. The topological polar surface area (TPSA) is 89.8 Å². The van der Waals surface area contributed by atoms with Gasteiger partial charge in [-0.1, -0.05) is 44.4 Å². The number of hydrogen-bond donors (Lipinski definition) is 1. The van der Waals surface area contributed by atoms with Crippen molar-refractivity contribution >= 4 is 49.4 Å². The molecule has 3 heterocycles. The minimum Gasteiger partial charge on any atom is -0.324 e. The summed E-state index contributed by atoms with van der Waals surface area (Å²) in [4.78, 5) is 28.6. The van der Waals surface area contributed by atoms with Crippen LogP contribution < -0.4 is 10.9 Å². The minimum atomic E-state index is -2.45. The highest BCUT2D eigenvalue weighted by atomic mass is 32.2. The van der Waals surface area contributed by atoms with Crippen LogP contribution in [0.2, 0.25) is 0 Å². The molecule has 7 nitrogen and oxygen atoms in total. The van der Waals surface area contributed by atoms with Gasteiger partial charge in [0.1, 0.15) is 10.7 Å². The van der Waals surface area contributed by atoms with E-state index >= 15 is 0 Å².